The first kappa shape index (κ1) is 20.2. The zero-order valence-electron chi connectivity index (χ0n) is 16.8. The molecule has 0 bridgehead atoms. The zero-order chi connectivity index (χ0) is 20.4. The Hall–Kier alpha value is -2.07. The Balaban J connectivity index is 1.59. The summed E-state index contributed by atoms with van der Waals surface area (Å²) in [5.41, 5.74) is 6.73. The van der Waals surface area contributed by atoms with Crippen LogP contribution >= 0.6 is 23.2 Å². The molecule has 3 aromatic rings. The average molecular weight is 426 g/mol. The van der Waals surface area contributed by atoms with Gasteiger partial charge in [-0.15, -0.1) is 0 Å². The number of nitrogens with zero attached hydrogens (tertiary/aromatic N) is 2. The second kappa shape index (κ2) is 8.74. The lowest BCUT2D eigenvalue weighted by molar-refractivity contribution is 0.454. The van der Waals surface area contributed by atoms with E-state index in [4.69, 9.17) is 28.2 Å². The highest BCUT2D eigenvalue weighted by atomic mass is 35.5. The van der Waals surface area contributed by atoms with E-state index in [0.29, 0.717) is 16.1 Å². The molecule has 1 fully saturated rings. The van der Waals surface area contributed by atoms with Gasteiger partial charge in [0.1, 0.15) is 0 Å². The van der Waals surface area contributed by atoms with Crippen molar-refractivity contribution < 1.29 is 0 Å². The molecule has 1 unspecified atom stereocenters. The molecular weight excluding hydrogens is 401 g/mol. The average Bonchev–Trinajstić information content (AvgIpc) is 2.73. The summed E-state index contributed by atoms with van der Waals surface area (Å²) in [4.78, 5) is 7.24. The molecule has 1 aliphatic heterocycles. The third-order valence-electron chi connectivity index (χ3n) is 5.75. The molecule has 5 heteroatoms. The lowest BCUT2D eigenvalue weighted by Crippen LogP contribution is -2.52. The van der Waals surface area contributed by atoms with E-state index in [2.05, 4.69) is 54.4 Å². The predicted molar refractivity (Wildman–Crippen MR) is 123 cm³/mol. The van der Waals surface area contributed by atoms with Crippen molar-refractivity contribution in [1.29, 1.82) is 0 Å². The summed E-state index contributed by atoms with van der Waals surface area (Å²) < 4.78 is 0. The van der Waals surface area contributed by atoms with E-state index in [9.17, 15) is 0 Å². The highest BCUT2D eigenvalue weighted by Gasteiger charge is 2.23. The maximum Gasteiger partial charge on any atom is 0.0750 e. The fourth-order valence-electron chi connectivity index (χ4n) is 4.05. The number of piperazine rings is 1. The summed E-state index contributed by atoms with van der Waals surface area (Å²) in [6.07, 6.45) is 3.01. The minimum atomic E-state index is 0.424. The Morgan fingerprint density at radius 1 is 1.03 bits per heavy atom. The second-order valence-electron chi connectivity index (χ2n) is 7.63. The fraction of sp³-hybridized carbons (Fsp3) is 0.292. The van der Waals surface area contributed by atoms with Gasteiger partial charge in [-0.25, -0.2) is 0 Å². The van der Waals surface area contributed by atoms with Gasteiger partial charge in [-0.05, 0) is 43.0 Å². The lowest BCUT2D eigenvalue weighted by atomic mass is 10.00. The normalized spacial score (nSPS) is 16.8. The SMILES string of the molecule is Cc1c(N2CCNC(Cc3ccccc3)C2)cnc(-c2cccc(Cl)c2Cl)c1C. The van der Waals surface area contributed by atoms with E-state index in [1.54, 1.807) is 6.07 Å². The molecule has 1 aromatic heterocycles. The van der Waals surface area contributed by atoms with Crippen LogP contribution in [0.15, 0.2) is 54.7 Å². The van der Waals surface area contributed by atoms with Gasteiger partial charge in [0.05, 0.1) is 27.6 Å². The zero-order valence-corrected chi connectivity index (χ0v) is 18.3. The van der Waals surface area contributed by atoms with Crippen LogP contribution in [0, 0.1) is 13.8 Å². The number of aromatic nitrogens is 1. The van der Waals surface area contributed by atoms with E-state index >= 15 is 0 Å². The lowest BCUT2D eigenvalue weighted by Gasteiger charge is -2.36. The number of nitrogens with one attached hydrogen (secondary N) is 1. The Morgan fingerprint density at radius 3 is 2.62 bits per heavy atom. The third-order valence-corrected chi connectivity index (χ3v) is 6.56. The van der Waals surface area contributed by atoms with Crippen LogP contribution in [0.25, 0.3) is 11.3 Å². The topological polar surface area (TPSA) is 28.2 Å². The molecule has 0 spiro atoms. The van der Waals surface area contributed by atoms with Gasteiger partial charge >= 0.3 is 0 Å². The van der Waals surface area contributed by atoms with Gasteiger partial charge in [0, 0.05) is 31.2 Å². The number of benzene rings is 2. The molecule has 4 rings (SSSR count). The summed E-state index contributed by atoms with van der Waals surface area (Å²) in [6, 6.07) is 16.8. The maximum atomic E-state index is 6.45. The van der Waals surface area contributed by atoms with Crippen molar-refractivity contribution in [3.05, 3.63) is 81.5 Å². The number of anilines is 1. The number of hydrogen-bond acceptors (Lipinski definition) is 3. The van der Waals surface area contributed by atoms with Crippen molar-refractivity contribution >= 4 is 28.9 Å². The monoisotopic (exact) mass is 425 g/mol. The molecule has 0 aliphatic carbocycles. The molecule has 150 valence electrons. The van der Waals surface area contributed by atoms with Crippen LogP contribution in [0.5, 0.6) is 0 Å². The summed E-state index contributed by atoms with van der Waals surface area (Å²) >= 11 is 12.7. The summed E-state index contributed by atoms with van der Waals surface area (Å²) in [6.45, 7) is 7.20. The molecule has 0 amide bonds. The number of pyridine rings is 1. The summed E-state index contributed by atoms with van der Waals surface area (Å²) in [5, 5.41) is 4.77. The van der Waals surface area contributed by atoms with Gasteiger partial charge in [0.25, 0.3) is 0 Å². The number of halogens is 2. The molecule has 1 aliphatic rings. The summed E-state index contributed by atoms with van der Waals surface area (Å²) in [5.74, 6) is 0. The van der Waals surface area contributed by atoms with Crippen molar-refractivity contribution in [2.45, 2.75) is 26.3 Å². The Kier molecular flexibility index (Phi) is 6.09. The van der Waals surface area contributed by atoms with Crippen LogP contribution < -0.4 is 10.2 Å². The number of rotatable bonds is 4. The van der Waals surface area contributed by atoms with Gasteiger partial charge in [-0.1, -0.05) is 65.7 Å². The van der Waals surface area contributed by atoms with E-state index in [1.807, 2.05) is 18.3 Å². The van der Waals surface area contributed by atoms with Crippen LogP contribution in [0.2, 0.25) is 10.0 Å². The third kappa shape index (κ3) is 4.28. The molecule has 1 atom stereocenters. The molecule has 2 heterocycles. The highest BCUT2D eigenvalue weighted by Crippen LogP contribution is 2.36. The Morgan fingerprint density at radius 2 is 1.83 bits per heavy atom. The maximum absolute atomic E-state index is 6.45. The van der Waals surface area contributed by atoms with Crippen molar-refractivity contribution in [2.24, 2.45) is 0 Å². The van der Waals surface area contributed by atoms with Gasteiger partial charge < -0.3 is 10.2 Å². The molecule has 0 saturated carbocycles. The van der Waals surface area contributed by atoms with Crippen molar-refractivity contribution in [2.75, 3.05) is 24.5 Å². The fourth-order valence-corrected chi connectivity index (χ4v) is 4.44. The number of hydrogen-bond donors (Lipinski definition) is 1. The molecule has 2 aromatic carbocycles. The molecule has 1 N–H and O–H groups in total. The van der Waals surface area contributed by atoms with Crippen LogP contribution in [0.3, 0.4) is 0 Å². The first-order chi connectivity index (χ1) is 14.0. The van der Waals surface area contributed by atoms with Crippen molar-refractivity contribution in [1.82, 2.24) is 10.3 Å². The smallest absolute Gasteiger partial charge is 0.0750 e. The van der Waals surface area contributed by atoms with Crippen molar-refractivity contribution in [3.63, 3.8) is 0 Å². The first-order valence-corrected chi connectivity index (χ1v) is 10.7. The molecule has 3 nitrogen and oxygen atoms in total. The molecule has 0 radical (unpaired) electrons. The van der Waals surface area contributed by atoms with Crippen LogP contribution in [0.4, 0.5) is 5.69 Å². The summed E-state index contributed by atoms with van der Waals surface area (Å²) in [7, 11) is 0. The van der Waals surface area contributed by atoms with Crippen LogP contribution in [0.1, 0.15) is 16.7 Å². The minimum Gasteiger partial charge on any atom is -0.367 e. The van der Waals surface area contributed by atoms with E-state index < -0.39 is 0 Å². The molecule has 29 heavy (non-hydrogen) atoms. The van der Waals surface area contributed by atoms with Gasteiger partial charge in [0.15, 0.2) is 0 Å². The predicted octanol–water partition coefficient (Wildman–Crippen LogP) is 5.69. The van der Waals surface area contributed by atoms with Crippen LogP contribution in [-0.2, 0) is 6.42 Å². The highest BCUT2D eigenvalue weighted by molar-refractivity contribution is 6.43. The van der Waals surface area contributed by atoms with Gasteiger partial charge in [-0.2, -0.15) is 0 Å². The van der Waals surface area contributed by atoms with E-state index in [-0.39, 0.29) is 0 Å². The first-order valence-electron chi connectivity index (χ1n) is 9.97. The largest absolute Gasteiger partial charge is 0.367 e. The van der Waals surface area contributed by atoms with Crippen molar-refractivity contribution in [3.8, 4) is 11.3 Å². The minimum absolute atomic E-state index is 0.424. The standard InChI is InChI=1S/C24H25Cl2N3/c1-16-17(2)24(20-9-6-10-21(25)23(20)26)28-14-22(16)29-12-11-27-19(15-29)13-18-7-4-3-5-8-18/h3-10,14,19,27H,11-13,15H2,1-2H3. The second-order valence-corrected chi connectivity index (χ2v) is 8.42. The van der Waals surface area contributed by atoms with Gasteiger partial charge in [-0.3, -0.25) is 4.98 Å². The molecular formula is C24H25Cl2N3. The van der Waals surface area contributed by atoms with E-state index in [0.717, 1.165) is 42.9 Å². The van der Waals surface area contributed by atoms with E-state index in [1.165, 1.54) is 16.8 Å². The Labute approximate surface area is 182 Å². The quantitative estimate of drug-likeness (QED) is 0.581. The van der Waals surface area contributed by atoms with Crippen LogP contribution in [-0.4, -0.2) is 30.7 Å². The molecule has 1 saturated heterocycles. The Bertz CT molecular complexity index is 1000. The van der Waals surface area contributed by atoms with Gasteiger partial charge in [0.2, 0.25) is 0 Å².